The molecular weight excluding hydrogens is 186 g/mol. The van der Waals surface area contributed by atoms with E-state index < -0.39 is 11.8 Å². The van der Waals surface area contributed by atoms with Crippen LogP contribution >= 0.6 is 0 Å². The van der Waals surface area contributed by atoms with E-state index in [-0.39, 0.29) is 11.1 Å². The molecule has 0 fully saturated rings. The Labute approximate surface area is 81.7 Å². The van der Waals surface area contributed by atoms with Crippen molar-refractivity contribution in [2.75, 3.05) is 0 Å². The summed E-state index contributed by atoms with van der Waals surface area (Å²) >= 11 is 0. The molecule has 0 aromatic heterocycles. The lowest BCUT2D eigenvalue weighted by molar-refractivity contribution is -0.0513. The van der Waals surface area contributed by atoms with Crippen LogP contribution in [0.5, 0.6) is 0 Å². The van der Waals surface area contributed by atoms with Crippen LogP contribution < -0.4 is 0 Å². The van der Waals surface area contributed by atoms with Crippen molar-refractivity contribution in [3.63, 3.8) is 0 Å². The van der Waals surface area contributed by atoms with E-state index in [1.807, 2.05) is 0 Å². The molecule has 0 atom stereocenters. The van der Waals surface area contributed by atoms with Crippen molar-refractivity contribution in [2.45, 2.75) is 19.8 Å². The number of aldehydes is 1. The highest BCUT2D eigenvalue weighted by atomic mass is 19.3. The Morgan fingerprint density at radius 1 is 1.36 bits per heavy atom. The Morgan fingerprint density at radius 3 is 2.50 bits per heavy atom. The van der Waals surface area contributed by atoms with Crippen LogP contribution in [0, 0.1) is 5.92 Å². The van der Waals surface area contributed by atoms with E-state index in [2.05, 4.69) is 0 Å². The second-order valence-corrected chi connectivity index (χ2v) is 3.52. The fourth-order valence-electron chi connectivity index (χ4n) is 1.15. The number of rotatable bonds is 3. The Morgan fingerprint density at radius 2 is 2.00 bits per heavy atom. The number of hydrogen-bond acceptors (Lipinski definition) is 1. The molecule has 0 spiro atoms. The molecule has 76 valence electrons. The summed E-state index contributed by atoms with van der Waals surface area (Å²) in [5.74, 6) is -3.65. The second-order valence-electron chi connectivity index (χ2n) is 3.52. The van der Waals surface area contributed by atoms with Gasteiger partial charge < -0.3 is 0 Å². The van der Waals surface area contributed by atoms with Gasteiger partial charge in [-0.3, -0.25) is 4.79 Å². The van der Waals surface area contributed by atoms with E-state index in [1.54, 1.807) is 0 Å². The number of alkyl halides is 2. The van der Waals surface area contributed by atoms with Gasteiger partial charge in [0.25, 0.3) is 5.92 Å². The second kappa shape index (κ2) is 3.86. The first kappa shape index (κ1) is 10.8. The molecule has 0 saturated carbocycles. The fraction of sp³-hybridized carbons (Fsp3) is 0.364. The molecule has 0 saturated heterocycles. The summed E-state index contributed by atoms with van der Waals surface area (Å²) in [4.78, 5) is 10.4. The number of benzene rings is 1. The molecule has 1 aromatic carbocycles. The Balaban J connectivity index is 3.12. The van der Waals surface area contributed by atoms with E-state index in [0.717, 1.165) is 0 Å². The summed E-state index contributed by atoms with van der Waals surface area (Å²) in [5, 5.41) is 0. The monoisotopic (exact) mass is 198 g/mol. The van der Waals surface area contributed by atoms with Crippen LogP contribution in [-0.4, -0.2) is 6.29 Å². The molecule has 0 aliphatic carbocycles. The number of halogens is 2. The minimum atomic E-state index is -2.88. The van der Waals surface area contributed by atoms with Crippen molar-refractivity contribution >= 4 is 6.29 Å². The normalized spacial score (nSPS) is 11.8. The summed E-state index contributed by atoms with van der Waals surface area (Å²) in [6, 6.07) is 5.54. The fourth-order valence-corrected chi connectivity index (χ4v) is 1.15. The van der Waals surface area contributed by atoms with Gasteiger partial charge in [0.2, 0.25) is 0 Å². The highest BCUT2D eigenvalue weighted by molar-refractivity contribution is 5.75. The van der Waals surface area contributed by atoms with Gasteiger partial charge in [-0.15, -0.1) is 0 Å². The first-order valence-electron chi connectivity index (χ1n) is 4.42. The van der Waals surface area contributed by atoms with Crippen molar-refractivity contribution in [3.05, 3.63) is 35.4 Å². The Hall–Kier alpha value is -1.25. The summed E-state index contributed by atoms with van der Waals surface area (Å²) in [5.41, 5.74) is 0.180. The van der Waals surface area contributed by atoms with Gasteiger partial charge in [0, 0.05) is 17.0 Å². The standard InChI is InChI=1S/C11H12F2O/c1-8(2)11(12,13)10-5-3-4-9(6-10)7-14/h3-8H,1-2H3. The molecular formula is C11H12F2O. The van der Waals surface area contributed by atoms with E-state index >= 15 is 0 Å². The third-order valence-corrected chi connectivity index (χ3v) is 2.13. The van der Waals surface area contributed by atoms with Gasteiger partial charge in [0.05, 0.1) is 0 Å². The van der Waals surface area contributed by atoms with Gasteiger partial charge in [-0.25, -0.2) is 8.78 Å². The van der Waals surface area contributed by atoms with Crippen molar-refractivity contribution in [1.29, 1.82) is 0 Å². The molecule has 1 rings (SSSR count). The lowest BCUT2D eigenvalue weighted by Crippen LogP contribution is -2.20. The summed E-state index contributed by atoms with van der Waals surface area (Å²) in [6.45, 7) is 2.90. The molecule has 0 amide bonds. The predicted molar refractivity (Wildman–Crippen MR) is 50.6 cm³/mol. The van der Waals surface area contributed by atoms with Gasteiger partial charge in [-0.1, -0.05) is 32.0 Å². The first-order chi connectivity index (χ1) is 6.48. The van der Waals surface area contributed by atoms with Crippen LogP contribution in [0.2, 0.25) is 0 Å². The Bertz CT molecular complexity index is 332. The molecule has 0 bridgehead atoms. The maximum Gasteiger partial charge on any atom is 0.275 e. The molecule has 0 unspecified atom stereocenters. The van der Waals surface area contributed by atoms with Crippen molar-refractivity contribution < 1.29 is 13.6 Å². The van der Waals surface area contributed by atoms with Gasteiger partial charge >= 0.3 is 0 Å². The Kier molecular flexibility index (Phi) is 2.99. The minimum Gasteiger partial charge on any atom is -0.298 e. The lowest BCUT2D eigenvalue weighted by atomic mass is 9.96. The van der Waals surface area contributed by atoms with Crippen LogP contribution in [-0.2, 0) is 5.92 Å². The maximum absolute atomic E-state index is 13.5. The van der Waals surface area contributed by atoms with Gasteiger partial charge in [0.15, 0.2) is 0 Å². The molecule has 0 heterocycles. The highest BCUT2D eigenvalue weighted by Gasteiger charge is 2.35. The van der Waals surface area contributed by atoms with E-state index in [0.29, 0.717) is 6.29 Å². The number of hydrogen-bond donors (Lipinski definition) is 0. The molecule has 3 heteroatoms. The van der Waals surface area contributed by atoms with E-state index in [1.165, 1.54) is 38.1 Å². The SMILES string of the molecule is CC(C)C(F)(F)c1cccc(C=O)c1. The third-order valence-electron chi connectivity index (χ3n) is 2.13. The largest absolute Gasteiger partial charge is 0.298 e. The van der Waals surface area contributed by atoms with Crippen LogP contribution in [0.25, 0.3) is 0 Å². The molecule has 0 radical (unpaired) electrons. The van der Waals surface area contributed by atoms with E-state index in [4.69, 9.17) is 0 Å². The molecule has 14 heavy (non-hydrogen) atoms. The zero-order valence-corrected chi connectivity index (χ0v) is 8.13. The number of carbonyl (C=O) groups excluding carboxylic acids is 1. The van der Waals surface area contributed by atoms with Crippen LogP contribution in [0.3, 0.4) is 0 Å². The van der Waals surface area contributed by atoms with Gasteiger partial charge in [-0.05, 0) is 6.07 Å². The molecule has 1 nitrogen and oxygen atoms in total. The van der Waals surface area contributed by atoms with Crippen molar-refractivity contribution in [2.24, 2.45) is 5.92 Å². The molecule has 0 N–H and O–H groups in total. The average molecular weight is 198 g/mol. The van der Waals surface area contributed by atoms with Gasteiger partial charge in [-0.2, -0.15) is 0 Å². The topological polar surface area (TPSA) is 17.1 Å². The first-order valence-corrected chi connectivity index (χ1v) is 4.42. The van der Waals surface area contributed by atoms with Crippen LogP contribution in [0.15, 0.2) is 24.3 Å². The lowest BCUT2D eigenvalue weighted by Gasteiger charge is -2.20. The highest BCUT2D eigenvalue weighted by Crippen LogP contribution is 2.35. The molecule has 0 aliphatic heterocycles. The van der Waals surface area contributed by atoms with Crippen molar-refractivity contribution in [1.82, 2.24) is 0 Å². The summed E-state index contributed by atoms with van der Waals surface area (Å²) in [7, 11) is 0. The molecule has 1 aromatic rings. The maximum atomic E-state index is 13.5. The van der Waals surface area contributed by atoms with Crippen LogP contribution in [0.1, 0.15) is 29.8 Å². The smallest absolute Gasteiger partial charge is 0.275 e. The van der Waals surface area contributed by atoms with Crippen LogP contribution in [0.4, 0.5) is 8.78 Å². The summed E-state index contributed by atoms with van der Waals surface area (Å²) < 4.78 is 27.0. The quantitative estimate of drug-likeness (QED) is 0.681. The zero-order chi connectivity index (χ0) is 10.8. The summed E-state index contributed by atoms with van der Waals surface area (Å²) in [6.07, 6.45) is 0.569. The van der Waals surface area contributed by atoms with E-state index in [9.17, 15) is 13.6 Å². The minimum absolute atomic E-state index is 0.0999. The predicted octanol–water partition coefficient (Wildman–Crippen LogP) is 3.25. The third kappa shape index (κ3) is 1.97. The van der Waals surface area contributed by atoms with Crippen molar-refractivity contribution in [3.8, 4) is 0 Å². The zero-order valence-electron chi connectivity index (χ0n) is 8.13. The molecule has 0 aliphatic rings. The number of carbonyl (C=O) groups is 1. The average Bonchev–Trinajstić information content (AvgIpc) is 2.17. The van der Waals surface area contributed by atoms with Gasteiger partial charge in [0.1, 0.15) is 6.29 Å².